The third-order valence-electron chi connectivity index (χ3n) is 2.78. The van der Waals surface area contributed by atoms with Gasteiger partial charge in [0.1, 0.15) is 0 Å². The molecule has 1 fully saturated rings. The molecular formula is C12H17NO2. The molecule has 1 aliphatic rings. The molecule has 0 atom stereocenters. The van der Waals surface area contributed by atoms with Crippen molar-refractivity contribution >= 4 is 5.69 Å². The first-order chi connectivity index (χ1) is 7.35. The number of hydrogen-bond acceptors (Lipinski definition) is 3. The first-order valence-corrected chi connectivity index (χ1v) is 5.42. The molecule has 3 heteroatoms. The molecule has 0 amide bonds. The number of hydrogen-bond donors (Lipinski definition) is 2. The van der Waals surface area contributed by atoms with Crippen LogP contribution >= 0.6 is 0 Å². The van der Waals surface area contributed by atoms with E-state index in [1.165, 1.54) is 12.8 Å². The number of anilines is 1. The van der Waals surface area contributed by atoms with Crippen LogP contribution in [-0.2, 0) is 6.61 Å². The van der Waals surface area contributed by atoms with Crippen molar-refractivity contribution in [2.75, 3.05) is 18.1 Å². The van der Waals surface area contributed by atoms with Crippen LogP contribution in [0.15, 0.2) is 24.3 Å². The Kier molecular flexibility index (Phi) is 3.23. The minimum absolute atomic E-state index is 0.0870. The van der Waals surface area contributed by atoms with E-state index in [9.17, 15) is 0 Å². The normalized spacial score (nSPS) is 15.3. The van der Waals surface area contributed by atoms with E-state index in [-0.39, 0.29) is 13.2 Å². The van der Waals surface area contributed by atoms with Gasteiger partial charge in [-0.05, 0) is 30.5 Å². The Bertz CT molecular complexity index is 306. The van der Waals surface area contributed by atoms with E-state index in [0.717, 1.165) is 11.3 Å². The summed E-state index contributed by atoms with van der Waals surface area (Å²) in [5.41, 5.74) is 2.07. The lowest BCUT2D eigenvalue weighted by atomic mass is 10.2. The van der Waals surface area contributed by atoms with Crippen molar-refractivity contribution in [1.82, 2.24) is 0 Å². The zero-order valence-corrected chi connectivity index (χ0v) is 8.76. The molecule has 0 aromatic heterocycles. The van der Waals surface area contributed by atoms with Crippen LogP contribution < -0.4 is 4.90 Å². The second-order valence-electron chi connectivity index (χ2n) is 3.97. The van der Waals surface area contributed by atoms with Gasteiger partial charge in [-0.1, -0.05) is 12.1 Å². The molecule has 0 bridgehead atoms. The van der Waals surface area contributed by atoms with Crippen LogP contribution in [0.5, 0.6) is 0 Å². The van der Waals surface area contributed by atoms with Crippen molar-refractivity contribution in [3.05, 3.63) is 29.8 Å². The molecule has 0 heterocycles. The molecule has 15 heavy (non-hydrogen) atoms. The summed E-state index contributed by atoms with van der Waals surface area (Å²) < 4.78 is 0. The fourth-order valence-electron chi connectivity index (χ4n) is 1.81. The molecule has 2 rings (SSSR count). The Morgan fingerprint density at radius 1 is 1.13 bits per heavy atom. The van der Waals surface area contributed by atoms with E-state index >= 15 is 0 Å². The SMILES string of the molecule is OCCN(c1ccc(CO)cc1)C1CC1. The zero-order chi connectivity index (χ0) is 10.7. The molecule has 0 aliphatic heterocycles. The Hall–Kier alpha value is -1.06. The minimum atomic E-state index is 0.0870. The summed E-state index contributed by atoms with van der Waals surface area (Å²) in [4.78, 5) is 2.24. The highest BCUT2D eigenvalue weighted by molar-refractivity contribution is 5.49. The first kappa shape index (κ1) is 10.5. The average Bonchev–Trinajstić information content (AvgIpc) is 3.10. The summed E-state index contributed by atoms with van der Waals surface area (Å²) in [6.07, 6.45) is 2.45. The second kappa shape index (κ2) is 4.64. The molecule has 3 nitrogen and oxygen atoms in total. The summed E-state index contributed by atoms with van der Waals surface area (Å²) in [6.45, 7) is 0.977. The molecule has 1 aromatic rings. The van der Waals surface area contributed by atoms with Crippen LogP contribution in [-0.4, -0.2) is 29.4 Å². The van der Waals surface area contributed by atoms with Crippen LogP contribution in [0, 0.1) is 0 Å². The van der Waals surface area contributed by atoms with Gasteiger partial charge in [0, 0.05) is 18.3 Å². The van der Waals surface area contributed by atoms with Crippen LogP contribution in [0.2, 0.25) is 0 Å². The van der Waals surface area contributed by atoms with Crippen molar-refractivity contribution < 1.29 is 10.2 Å². The van der Waals surface area contributed by atoms with Gasteiger partial charge < -0.3 is 15.1 Å². The lowest BCUT2D eigenvalue weighted by molar-refractivity contribution is 0.282. The van der Waals surface area contributed by atoms with Gasteiger partial charge in [0.05, 0.1) is 13.2 Å². The highest BCUT2D eigenvalue weighted by atomic mass is 16.3. The van der Waals surface area contributed by atoms with Crippen molar-refractivity contribution in [3.63, 3.8) is 0 Å². The van der Waals surface area contributed by atoms with Crippen LogP contribution in [0.25, 0.3) is 0 Å². The largest absolute Gasteiger partial charge is 0.395 e. The van der Waals surface area contributed by atoms with E-state index in [0.29, 0.717) is 12.6 Å². The fourth-order valence-corrected chi connectivity index (χ4v) is 1.81. The average molecular weight is 207 g/mol. The predicted octanol–water partition coefficient (Wildman–Crippen LogP) is 1.14. The Labute approximate surface area is 90.0 Å². The van der Waals surface area contributed by atoms with Gasteiger partial charge in [-0.2, -0.15) is 0 Å². The fraction of sp³-hybridized carbons (Fsp3) is 0.500. The number of nitrogens with zero attached hydrogens (tertiary/aromatic N) is 1. The van der Waals surface area contributed by atoms with Crippen LogP contribution in [0.1, 0.15) is 18.4 Å². The van der Waals surface area contributed by atoms with Crippen molar-refractivity contribution in [2.45, 2.75) is 25.5 Å². The summed E-state index contributed by atoms with van der Waals surface area (Å²) in [5, 5.41) is 17.9. The molecular weight excluding hydrogens is 190 g/mol. The molecule has 2 N–H and O–H groups in total. The smallest absolute Gasteiger partial charge is 0.0681 e. The van der Waals surface area contributed by atoms with Crippen LogP contribution in [0.3, 0.4) is 0 Å². The van der Waals surface area contributed by atoms with E-state index in [1.807, 2.05) is 24.3 Å². The minimum Gasteiger partial charge on any atom is -0.395 e. The van der Waals surface area contributed by atoms with Crippen molar-refractivity contribution in [2.24, 2.45) is 0 Å². The highest BCUT2D eigenvalue weighted by Crippen LogP contribution is 2.31. The maximum atomic E-state index is 8.99. The summed E-state index contributed by atoms with van der Waals surface area (Å²) in [7, 11) is 0. The third-order valence-corrected chi connectivity index (χ3v) is 2.78. The highest BCUT2D eigenvalue weighted by Gasteiger charge is 2.28. The maximum absolute atomic E-state index is 8.99. The Morgan fingerprint density at radius 3 is 2.27 bits per heavy atom. The molecule has 82 valence electrons. The predicted molar refractivity (Wildman–Crippen MR) is 59.8 cm³/mol. The molecule has 0 saturated heterocycles. The van der Waals surface area contributed by atoms with Gasteiger partial charge in [0.25, 0.3) is 0 Å². The first-order valence-electron chi connectivity index (χ1n) is 5.42. The van der Waals surface area contributed by atoms with Gasteiger partial charge in [0.2, 0.25) is 0 Å². The number of rotatable bonds is 5. The summed E-state index contributed by atoms with van der Waals surface area (Å²) in [5.74, 6) is 0. The Balaban J connectivity index is 2.10. The molecule has 1 aromatic carbocycles. The van der Waals surface area contributed by atoms with Gasteiger partial charge >= 0.3 is 0 Å². The standard InChI is InChI=1S/C12H17NO2/c14-8-7-13(12-5-6-12)11-3-1-10(9-15)2-4-11/h1-4,12,14-15H,5-9H2. The van der Waals surface area contributed by atoms with E-state index < -0.39 is 0 Å². The topological polar surface area (TPSA) is 43.7 Å². The number of aliphatic hydroxyl groups excluding tert-OH is 2. The Morgan fingerprint density at radius 2 is 1.80 bits per heavy atom. The second-order valence-corrected chi connectivity index (χ2v) is 3.97. The van der Waals surface area contributed by atoms with E-state index in [4.69, 9.17) is 10.2 Å². The monoisotopic (exact) mass is 207 g/mol. The van der Waals surface area contributed by atoms with Crippen molar-refractivity contribution in [1.29, 1.82) is 0 Å². The van der Waals surface area contributed by atoms with Crippen LogP contribution in [0.4, 0.5) is 5.69 Å². The number of aliphatic hydroxyl groups is 2. The summed E-state index contributed by atoms with van der Waals surface area (Å²) >= 11 is 0. The van der Waals surface area contributed by atoms with Gasteiger partial charge in [-0.15, -0.1) is 0 Å². The lowest BCUT2D eigenvalue weighted by Crippen LogP contribution is -2.28. The molecule has 0 spiro atoms. The molecule has 0 radical (unpaired) electrons. The van der Waals surface area contributed by atoms with E-state index in [1.54, 1.807) is 0 Å². The third kappa shape index (κ3) is 2.49. The lowest BCUT2D eigenvalue weighted by Gasteiger charge is -2.23. The molecule has 0 unspecified atom stereocenters. The van der Waals surface area contributed by atoms with Crippen molar-refractivity contribution in [3.8, 4) is 0 Å². The quantitative estimate of drug-likeness (QED) is 0.761. The van der Waals surface area contributed by atoms with Gasteiger partial charge in [-0.3, -0.25) is 0 Å². The maximum Gasteiger partial charge on any atom is 0.0681 e. The summed E-state index contributed by atoms with van der Waals surface area (Å²) in [6, 6.07) is 8.50. The van der Waals surface area contributed by atoms with Gasteiger partial charge in [0.15, 0.2) is 0 Å². The molecule has 1 saturated carbocycles. The number of benzene rings is 1. The molecule has 1 aliphatic carbocycles. The van der Waals surface area contributed by atoms with E-state index in [2.05, 4.69) is 4.90 Å². The van der Waals surface area contributed by atoms with Gasteiger partial charge in [-0.25, -0.2) is 0 Å². The zero-order valence-electron chi connectivity index (χ0n) is 8.76.